The van der Waals surface area contributed by atoms with Crippen LogP contribution in [0.5, 0.6) is 0 Å². The Morgan fingerprint density at radius 1 is 1.32 bits per heavy atom. The van der Waals surface area contributed by atoms with E-state index >= 15 is 0 Å². The number of hydrogen-bond donors (Lipinski definition) is 2. The highest BCUT2D eigenvalue weighted by Crippen LogP contribution is 2.18. The van der Waals surface area contributed by atoms with Crippen LogP contribution in [-0.2, 0) is 0 Å². The zero-order chi connectivity index (χ0) is 17.2. The average Bonchev–Trinajstić information content (AvgIpc) is 3.07. The molecule has 1 fully saturated rings. The molecule has 1 unspecified atom stereocenters. The van der Waals surface area contributed by atoms with Gasteiger partial charge in [0.05, 0.1) is 0 Å². The summed E-state index contributed by atoms with van der Waals surface area (Å²) in [5, 5.41) is 6.80. The first-order chi connectivity index (χ1) is 11.7. The van der Waals surface area contributed by atoms with Crippen LogP contribution < -0.4 is 10.6 Å². The number of hydrogen-bond acceptors (Lipinski definition) is 3. The van der Waals surface area contributed by atoms with Crippen LogP contribution in [0, 0.1) is 11.7 Å². The molecular formula is C18H30FIN4S. The fraction of sp³-hybridized carbons (Fsp3) is 0.611. The van der Waals surface area contributed by atoms with E-state index < -0.39 is 0 Å². The van der Waals surface area contributed by atoms with Crippen molar-refractivity contribution in [1.29, 1.82) is 0 Å². The lowest BCUT2D eigenvalue weighted by Gasteiger charge is -2.16. The quantitative estimate of drug-likeness (QED) is 0.197. The Morgan fingerprint density at radius 2 is 2.08 bits per heavy atom. The average molecular weight is 480 g/mol. The fourth-order valence-electron chi connectivity index (χ4n) is 2.83. The number of aliphatic imine (C=N–C) groups is 1. The molecule has 0 spiro atoms. The highest BCUT2D eigenvalue weighted by atomic mass is 127. The van der Waals surface area contributed by atoms with E-state index in [2.05, 4.69) is 27.4 Å². The van der Waals surface area contributed by atoms with Gasteiger partial charge in [0, 0.05) is 31.6 Å². The van der Waals surface area contributed by atoms with Crippen LogP contribution in [0.25, 0.3) is 0 Å². The summed E-state index contributed by atoms with van der Waals surface area (Å²) in [4.78, 5) is 7.89. The van der Waals surface area contributed by atoms with Crippen molar-refractivity contribution < 1.29 is 4.39 Å². The van der Waals surface area contributed by atoms with Gasteiger partial charge in [0.2, 0.25) is 0 Å². The number of likely N-dealkylation sites (tertiary alicyclic amines) is 1. The lowest BCUT2D eigenvalue weighted by Crippen LogP contribution is -2.40. The highest BCUT2D eigenvalue weighted by molar-refractivity contribution is 14.0. The summed E-state index contributed by atoms with van der Waals surface area (Å²) in [6.07, 6.45) is 2.31. The normalized spacial score (nSPS) is 18.0. The number of rotatable bonds is 8. The van der Waals surface area contributed by atoms with E-state index in [0.29, 0.717) is 0 Å². The second kappa shape index (κ2) is 12.8. The second-order valence-electron chi connectivity index (χ2n) is 6.08. The molecule has 2 rings (SSSR count). The molecule has 1 aliphatic heterocycles. The van der Waals surface area contributed by atoms with Crippen molar-refractivity contribution in [3.63, 3.8) is 0 Å². The van der Waals surface area contributed by atoms with E-state index in [1.165, 1.54) is 31.6 Å². The van der Waals surface area contributed by atoms with E-state index in [1.54, 1.807) is 11.8 Å². The molecule has 0 aliphatic carbocycles. The van der Waals surface area contributed by atoms with Crippen molar-refractivity contribution in [2.24, 2.45) is 10.9 Å². The van der Waals surface area contributed by atoms with E-state index in [1.807, 2.05) is 19.2 Å². The Kier molecular flexibility index (Phi) is 11.5. The molecular weight excluding hydrogens is 450 g/mol. The topological polar surface area (TPSA) is 39.7 Å². The summed E-state index contributed by atoms with van der Waals surface area (Å²) in [7, 11) is 1.82. The van der Waals surface area contributed by atoms with Gasteiger partial charge in [0.25, 0.3) is 0 Å². The summed E-state index contributed by atoms with van der Waals surface area (Å²) in [6, 6.07) is 6.67. The van der Waals surface area contributed by atoms with Gasteiger partial charge in [-0.2, -0.15) is 0 Å². The Bertz CT molecular complexity index is 512. The Hall–Kier alpha value is -0.540. The molecule has 4 nitrogen and oxygen atoms in total. The van der Waals surface area contributed by atoms with Gasteiger partial charge in [-0.25, -0.2) is 4.39 Å². The molecule has 1 heterocycles. The largest absolute Gasteiger partial charge is 0.356 e. The van der Waals surface area contributed by atoms with Crippen molar-refractivity contribution in [1.82, 2.24) is 15.5 Å². The molecule has 7 heteroatoms. The van der Waals surface area contributed by atoms with E-state index in [0.717, 1.165) is 48.6 Å². The maximum Gasteiger partial charge on any atom is 0.190 e. The number of benzene rings is 1. The molecule has 142 valence electrons. The molecule has 1 aromatic carbocycles. The molecule has 0 saturated carbocycles. The predicted octanol–water partition coefficient (Wildman–Crippen LogP) is 3.43. The third-order valence-corrected chi connectivity index (χ3v) is 5.39. The summed E-state index contributed by atoms with van der Waals surface area (Å²) in [5.41, 5.74) is 0. The van der Waals surface area contributed by atoms with Gasteiger partial charge >= 0.3 is 0 Å². The third-order valence-electron chi connectivity index (χ3n) is 4.29. The molecule has 1 aliphatic rings. The first kappa shape index (κ1) is 22.5. The Balaban J connectivity index is 0.00000312. The summed E-state index contributed by atoms with van der Waals surface area (Å²) in [5.74, 6) is 2.43. The maximum absolute atomic E-state index is 12.8. The fourth-order valence-corrected chi connectivity index (χ4v) is 3.68. The maximum atomic E-state index is 12.8. The van der Waals surface area contributed by atoms with Crippen LogP contribution in [0.2, 0.25) is 0 Å². The van der Waals surface area contributed by atoms with E-state index in [-0.39, 0.29) is 29.8 Å². The summed E-state index contributed by atoms with van der Waals surface area (Å²) >= 11 is 1.75. The Morgan fingerprint density at radius 3 is 2.72 bits per heavy atom. The van der Waals surface area contributed by atoms with Crippen LogP contribution in [0.4, 0.5) is 4.39 Å². The van der Waals surface area contributed by atoms with Gasteiger partial charge in [0.1, 0.15) is 5.82 Å². The van der Waals surface area contributed by atoms with Crippen LogP contribution in [0.3, 0.4) is 0 Å². The molecule has 2 N–H and O–H groups in total. The number of halogens is 2. The minimum absolute atomic E-state index is 0. The molecule has 0 bridgehead atoms. The molecule has 0 amide bonds. The number of guanidine groups is 1. The second-order valence-corrected chi connectivity index (χ2v) is 7.25. The van der Waals surface area contributed by atoms with Crippen LogP contribution in [0.1, 0.15) is 19.8 Å². The minimum Gasteiger partial charge on any atom is -0.356 e. The van der Waals surface area contributed by atoms with Crippen LogP contribution >= 0.6 is 35.7 Å². The highest BCUT2D eigenvalue weighted by Gasteiger charge is 2.20. The van der Waals surface area contributed by atoms with Crippen LogP contribution in [0.15, 0.2) is 34.2 Å². The SMILES string of the molecule is CCN1CCC(CNC(=NC)NCCCSc2ccc(F)cc2)C1.I. The molecule has 1 atom stereocenters. The van der Waals surface area contributed by atoms with Gasteiger partial charge in [-0.05, 0) is 61.9 Å². The van der Waals surface area contributed by atoms with Crippen molar-refractivity contribution in [2.75, 3.05) is 45.5 Å². The smallest absolute Gasteiger partial charge is 0.190 e. The van der Waals surface area contributed by atoms with Crippen molar-refractivity contribution in [3.05, 3.63) is 30.1 Å². The monoisotopic (exact) mass is 480 g/mol. The van der Waals surface area contributed by atoms with Crippen molar-refractivity contribution >= 4 is 41.7 Å². The van der Waals surface area contributed by atoms with Gasteiger partial charge in [-0.3, -0.25) is 4.99 Å². The molecule has 1 saturated heterocycles. The van der Waals surface area contributed by atoms with Crippen molar-refractivity contribution in [2.45, 2.75) is 24.7 Å². The molecule has 0 aromatic heterocycles. The van der Waals surface area contributed by atoms with Gasteiger partial charge in [0.15, 0.2) is 5.96 Å². The molecule has 1 aromatic rings. The number of nitrogens with one attached hydrogen (secondary N) is 2. The summed E-state index contributed by atoms with van der Waals surface area (Å²) in [6.45, 7) is 7.65. The molecule has 0 radical (unpaired) electrons. The number of nitrogens with zero attached hydrogens (tertiary/aromatic N) is 2. The lowest BCUT2D eigenvalue weighted by atomic mass is 10.1. The zero-order valence-electron chi connectivity index (χ0n) is 15.1. The van der Waals surface area contributed by atoms with E-state index in [4.69, 9.17) is 0 Å². The summed E-state index contributed by atoms with van der Waals surface area (Å²) < 4.78 is 12.8. The lowest BCUT2D eigenvalue weighted by molar-refractivity contribution is 0.342. The van der Waals surface area contributed by atoms with Crippen LogP contribution in [-0.4, -0.2) is 56.4 Å². The first-order valence-electron chi connectivity index (χ1n) is 8.76. The van der Waals surface area contributed by atoms with E-state index in [9.17, 15) is 4.39 Å². The standard InChI is InChI=1S/C18H29FN4S.HI/c1-3-23-11-9-15(14-23)13-22-18(20-2)21-10-4-12-24-17-7-5-16(19)6-8-17;/h5-8,15H,3-4,9-14H2,1-2H3,(H2,20,21,22);1H. The third kappa shape index (κ3) is 8.59. The zero-order valence-corrected chi connectivity index (χ0v) is 18.3. The predicted molar refractivity (Wildman–Crippen MR) is 117 cm³/mol. The van der Waals surface area contributed by atoms with Crippen molar-refractivity contribution in [3.8, 4) is 0 Å². The Labute approximate surface area is 172 Å². The minimum atomic E-state index is -0.180. The van der Waals surface area contributed by atoms with Gasteiger partial charge in [-0.15, -0.1) is 35.7 Å². The van der Waals surface area contributed by atoms with Gasteiger partial charge in [-0.1, -0.05) is 6.92 Å². The molecule has 25 heavy (non-hydrogen) atoms. The first-order valence-corrected chi connectivity index (χ1v) is 9.75. The number of thioether (sulfide) groups is 1. The van der Waals surface area contributed by atoms with Gasteiger partial charge < -0.3 is 15.5 Å².